The van der Waals surface area contributed by atoms with E-state index < -0.39 is 5.91 Å². The third-order valence-corrected chi connectivity index (χ3v) is 2.87. The predicted octanol–water partition coefficient (Wildman–Crippen LogP) is 1.81. The van der Waals surface area contributed by atoms with Gasteiger partial charge in [0.1, 0.15) is 5.75 Å². The van der Waals surface area contributed by atoms with Gasteiger partial charge in [0, 0.05) is 11.3 Å². The molecule has 0 bridgehead atoms. The number of aromatic nitrogens is 1. The Hall–Kier alpha value is -2.56. The number of aromatic hydroxyl groups is 1. The van der Waals surface area contributed by atoms with Crippen molar-refractivity contribution < 1.29 is 9.90 Å². The van der Waals surface area contributed by atoms with Crippen molar-refractivity contribution in [3.8, 4) is 5.75 Å². The number of hydrogen-bond acceptors (Lipinski definition) is 4. The molecule has 0 aliphatic carbocycles. The van der Waals surface area contributed by atoms with Crippen molar-refractivity contribution in [2.45, 2.75) is 13.5 Å². The van der Waals surface area contributed by atoms with E-state index in [2.05, 4.69) is 10.3 Å². The molecule has 2 aromatic rings. The lowest BCUT2D eigenvalue weighted by atomic mass is 10.1. The molecule has 0 atom stereocenters. The number of amides is 1. The number of carbonyl (C=O) groups excluding carboxylic acids is 1. The van der Waals surface area contributed by atoms with Gasteiger partial charge in [0.25, 0.3) is 0 Å². The molecule has 0 unspecified atom stereocenters. The Bertz CT molecular complexity index is 594. The number of hydrogen-bond donors (Lipinski definition) is 3. The Morgan fingerprint density at radius 3 is 2.79 bits per heavy atom. The summed E-state index contributed by atoms with van der Waals surface area (Å²) in [7, 11) is 0. The average Bonchev–Trinajstić information content (AvgIpc) is 2.39. The van der Waals surface area contributed by atoms with Crippen LogP contribution in [-0.2, 0) is 6.54 Å². The van der Waals surface area contributed by atoms with Crippen molar-refractivity contribution in [3.05, 3.63) is 53.3 Å². The molecule has 19 heavy (non-hydrogen) atoms. The number of nitrogens with one attached hydrogen (secondary N) is 1. The molecule has 1 aromatic heterocycles. The minimum atomic E-state index is -0.441. The summed E-state index contributed by atoms with van der Waals surface area (Å²) in [6.07, 6.45) is 1.39. The van der Waals surface area contributed by atoms with E-state index in [4.69, 9.17) is 10.8 Å². The zero-order valence-electron chi connectivity index (χ0n) is 10.6. The van der Waals surface area contributed by atoms with Crippen LogP contribution in [0.4, 0.5) is 5.69 Å². The molecular weight excluding hydrogens is 242 g/mol. The standard InChI is InChI=1S/C14H15N3O2/c1-9-12(14(15)19)3-2-4-13(9)17-7-10-5-6-11(18)8-16-10/h2-6,8,17-18H,7H2,1H3,(H2,15,19). The average molecular weight is 257 g/mol. The smallest absolute Gasteiger partial charge is 0.249 e. The van der Waals surface area contributed by atoms with Gasteiger partial charge >= 0.3 is 0 Å². The highest BCUT2D eigenvalue weighted by Gasteiger charge is 2.08. The molecule has 0 saturated heterocycles. The van der Waals surface area contributed by atoms with Gasteiger partial charge in [0.2, 0.25) is 5.91 Å². The van der Waals surface area contributed by atoms with Crippen LogP contribution in [0.15, 0.2) is 36.5 Å². The molecule has 0 fully saturated rings. The third kappa shape index (κ3) is 3.01. The van der Waals surface area contributed by atoms with Crippen LogP contribution in [0.3, 0.4) is 0 Å². The van der Waals surface area contributed by atoms with E-state index in [1.807, 2.05) is 13.0 Å². The number of nitrogens with two attached hydrogens (primary N) is 1. The molecule has 1 heterocycles. The fourth-order valence-corrected chi connectivity index (χ4v) is 1.80. The fraction of sp³-hybridized carbons (Fsp3) is 0.143. The van der Waals surface area contributed by atoms with Crippen LogP contribution in [0.25, 0.3) is 0 Å². The molecule has 2 rings (SSSR count). The van der Waals surface area contributed by atoms with E-state index in [1.165, 1.54) is 6.20 Å². The van der Waals surface area contributed by atoms with Gasteiger partial charge in [0.05, 0.1) is 18.4 Å². The lowest BCUT2D eigenvalue weighted by Gasteiger charge is -2.11. The molecule has 0 aliphatic heterocycles. The number of carbonyl (C=O) groups is 1. The van der Waals surface area contributed by atoms with Gasteiger partial charge in [0.15, 0.2) is 0 Å². The van der Waals surface area contributed by atoms with E-state index in [0.29, 0.717) is 12.1 Å². The number of nitrogens with zero attached hydrogens (tertiary/aromatic N) is 1. The number of rotatable bonds is 4. The van der Waals surface area contributed by atoms with Gasteiger partial charge in [-0.15, -0.1) is 0 Å². The maximum absolute atomic E-state index is 11.2. The SMILES string of the molecule is Cc1c(NCc2ccc(O)cn2)cccc1C(N)=O. The largest absolute Gasteiger partial charge is 0.506 e. The third-order valence-electron chi connectivity index (χ3n) is 2.87. The Balaban J connectivity index is 2.13. The van der Waals surface area contributed by atoms with Gasteiger partial charge in [-0.2, -0.15) is 0 Å². The molecule has 0 saturated carbocycles. The molecule has 98 valence electrons. The normalized spacial score (nSPS) is 10.2. The topological polar surface area (TPSA) is 88.2 Å². The molecule has 5 nitrogen and oxygen atoms in total. The first-order chi connectivity index (χ1) is 9.08. The predicted molar refractivity (Wildman–Crippen MR) is 72.9 cm³/mol. The van der Waals surface area contributed by atoms with Crippen LogP contribution in [0, 0.1) is 6.92 Å². The van der Waals surface area contributed by atoms with Gasteiger partial charge in [-0.05, 0) is 36.8 Å². The van der Waals surface area contributed by atoms with E-state index in [-0.39, 0.29) is 5.75 Å². The summed E-state index contributed by atoms with van der Waals surface area (Å²) in [6, 6.07) is 8.66. The summed E-state index contributed by atoms with van der Waals surface area (Å²) in [5, 5.41) is 12.3. The molecule has 0 aliphatic rings. The van der Waals surface area contributed by atoms with Gasteiger partial charge in [-0.25, -0.2) is 0 Å². The maximum atomic E-state index is 11.2. The first-order valence-corrected chi connectivity index (χ1v) is 5.85. The van der Waals surface area contributed by atoms with Crippen LogP contribution in [0.1, 0.15) is 21.6 Å². The highest BCUT2D eigenvalue weighted by atomic mass is 16.3. The molecule has 0 spiro atoms. The van der Waals surface area contributed by atoms with Crippen molar-refractivity contribution in [2.24, 2.45) is 5.73 Å². The summed E-state index contributed by atoms with van der Waals surface area (Å²) >= 11 is 0. The van der Waals surface area contributed by atoms with Crippen molar-refractivity contribution in [2.75, 3.05) is 5.32 Å². The van der Waals surface area contributed by atoms with Crippen molar-refractivity contribution in [1.29, 1.82) is 0 Å². The molecule has 5 heteroatoms. The van der Waals surface area contributed by atoms with E-state index >= 15 is 0 Å². The highest BCUT2D eigenvalue weighted by Crippen LogP contribution is 2.19. The zero-order valence-corrected chi connectivity index (χ0v) is 10.6. The van der Waals surface area contributed by atoms with Crippen molar-refractivity contribution >= 4 is 11.6 Å². The number of anilines is 1. The number of benzene rings is 1. The summed E-state index contributed by atoms with van der Waals surface area (Å²) < 4.78 is 0. The van der Waals surface area contributed by atoms with Crippen molar-refractivity contribution in [3.63, 3.8) is 0 Å². The highest BCUT2D eigenvalue weighted by molar-refractivity contribution is 5.95. The van der Waals surface area contributed by atoms with Crippen LogP contribution in [0.2, 0.25) is 0 Å². The van der Waals surface area contributed by atoms with Crippen LogP contribution in [0.5, 0.6) is 5.75 Å². The summed E-state index contributed by atoms with van der Waals surface area (Å²) in [6.45, 7) is 2.34. The fourth-order valence-electron chi connectivity index (χ4n) is 1.80. The first kappa shape index (κ1) is 12.9. The lowest BCUT2D eigenvalue weighted by molar-refractivity contribution is 0.1000. The monoisotopic (exact) mass is 257 g/mol. The second-order valence-corrected chi connectivity index (χ2v) is 4.20. The molecule has 1 aromatic carbocycles. The number of primary amides is 1. The molecular formula is C14H15N3O2. The first-order valence-electron chi connectivity index (χ1n) is 5.85. The van der Waals surface area contributed by atoms with Crippen molar-refractivity contribution in [1.82, 2.24) is 4.98 Å². The Morgan fingerprint density at radius 2 is 2.16 bits per heavy atom. The summed E-state index contributed by atoms with van der Waals surface area (Å²) in [5.41, 5.74) is 8.25. The van der Waals surface area contributed by atoms with E-state index in [1.54, 1.807) is 24.3 Å². The van der Waals surface area contributed by atoms with E-state index in [9.17, 15) is 4.79 Å². The second kappa shape index (κ2) is 5.39. The Labute approximate surface area is 111 Å². The summed E-state index contributed by atoms with van der Waals surface area (Å²) in [5.74, 6) is -0.306. The van der Waals surface area contributed by atoms with Crippen LogP contribution >= 0.6 is 0 Å². The maximum Gasteiger partial charge on any atom is 0.249 e. The molecule has 4 N–H and O–H groups in total. The lowest BCUT2D eigenvalue weighted by Crippen LogP contribution is -2.14. The minimum absolute atomic E-state index is 0.135. The van der Waals surface area contributed by atoms with E-state index in [0.717, 1.165) is 16.9 Å². The van der Waals surface area contributed by atoms with Gasteiger partial charge in [-0.1, -0.05) is 6.07 Å². The van der Waals surface area contributed by atoms with Gasteiger partial charge < -0.3 is 16.2 Å². The molecule has 1 amide bonds. The minimum Gasteiger partial charge on any atom is -0.506 e. The number of pyridine rings is 1. The quantitative estimate of drug-likeness (QED) is 0.779. The van der Waals surface area contributed by atoms with Crippen LogP contribution < -0.4 is 11.1 Å². The van der Waals surface area contributed by atoms with Crippen LogP contribution in [-0.4, -0.2) is 16.0 Å². The van der Waals surface area contributed by atoms with Gasteiger partial charge in [-0.3, -0.25) is 9.78 Å². The Kier molecular flexibility index (Phi) is 3.66. The second-order valence-electron chi connectivity index (χ2n) is 4.20. The zero-order chi connectivity index (χ0) is 13.8. The summed E-state index contributed by atoms with van der Waals surface area (Å²) in [4.78, 5) is 15.3. The molecule has 0 radical (unpaired) electrons. The Morgan fingerprint density at radius 1 is 1.37 bits per heavy atom.